The van der Waals surface area contributed by atoms with Gasteiger partial charge in [0.2, 0.25) is 5.88 Å². The number of nitrogens with zero attached hydrogens (tertiary/aromatic N) is 2. The summed E-state index contributed by atoms with van der Waals surface area (Å²) >= 11 is 0. The molecule has 0 unspecified atom stereocenters. The minimum Gasteiger partial charge on any atom is -0.480 e. The summed E-state index contributed by atoms with van der Waals surface area (Å²) in [6.07, 6.45) is 0.615. The molecule has 1 aromatic carbocycles. The third-order valence-electron chi connectivity index (χ3n) is 2.21. The quantitative estimate of drug-likeness (QED) is 0.696. The zero-order chi connectivity index (χ0) is 10.8. The van der Waals surface area contributed by atoms with E-state index in [4.69, 9.17) is 4.74 Å². The normalized spacial score (nSPS) is 10.3. The van der Waals surface area contributed by atoms with Crippen molar-refractivity contribution in [2.24, 2.45) is 0 Å². The molecule has 0 spiro atoms. The van der Waals surface area contributed by atoms with E-state index in [1.54, 1.807) is 0 Å². The van der Waals surface area contributed by atoms with Crippen molar-refractivity contribution in [3.8, 4) is 5.88 Å². The van der Waals surface area contributed by atoms with Gasteiger partial charge in [-0.2, -0.15) is 4.98 Å². The highest BCUT2D eigenvalue weighted by Crippen LogP contribution is 2.24. The first-order chi connectivity index (χ1) is 7.26. The Morgan fingerprint density at radius 2 is 2.13 bits per heavy atom. The first-order valence-corrected chi connectivity index (χ1v) is 4.53. The number of ether oxygens (including phenoxy) is 1. The standard InChI is InChI=1S/C11H10N2O2/c1-7-4-3-5-8-10(7)11(15-2)13-9(6-14)12-8/h3-6H,1-2H3. The average molecular weight is 202 g/mol. The molecule has 2 aromatic rings. The number of aromatic nitrogens is 2. The maximum absolute atomic E-state index is 10.6. The fourth-order valence-corrected chi connectivity index (χ4v) is 1.53. The van der Waals surface area contributed by atoms with Crippen LogP contribution >= 0.6 is 0 Å². The third kappa shape index (κ3) is 1.54. The van der Waals surface area contributed by atoms with Crippen LogP contribution in [0.15, 0.2) is 18.2 Å². The first-order valence-electron chi connectivity index (χ1n) is 4.53. The van der Waals surface area contributed by atoms with Crippen LogP contribution in [0.2, 0.25) is 0 Å². The molecule has 0 saturated carbocycles. The van der Waals surface area contributed by atoms with Crippen LogP contribution in [0.5, 0.6) is 5.88 Å². The van der Waals surface area contributed by atoms with Crippen molar-refractivity contribution in [2.75, 3.05) is 7.11 Å². The molecular formula is C11H10N2O2. The minimum absolute atomic E-state index is 0.143. The van der Waals surface area contributed by atoms with E-state index < -0.39 is 0 Å². The number of carbonyl (C=O) groups is 1. The van der Waals surface area contributed by atoms with Gasteiger partial charge in [0.05, 0.1) is 18.0 Å². The Balaban J connectivity index is 2.86. The van der Waals surface area contributed by atoms with Gasteiger partial charge in [0.1, 0.15) is 0 Å². The summed E-state index contributed by atoms with van der Waals surface area (Å²) in [5.41, 5.74) is 1.76. The summed E-state index contributed by atoms with van der Waals surface area (Å²) in [7, 11) is 1.53. The molecule has 4 nitrogen and oxygen atoms in total. The number of carbonyl (C=O) groups excluding carboxylic acids is 1. The van der Waals surface area contributed by atoms with Gasteiger partial charge in [0, 0.05) is 0 Å². The Morgan fingerprint density at radius 1 is 1.33 bits per heavy atom. The second kappa shape index (κ2) is 3.65. The van der Waals surface area contributed by atoms with Crippen LogP contribution in [0.1, 0.15) is 16.2 Å². The van der Waals surface area contributed by atoms with Gasteiger partial charge in [-0.3, -0.25) is 4.79 Å². The number of hydrogen-bond acceptors (Lipinski definition) is 4. The number of methoxy groups -OCH3 is 1. The number of aldehydes is 1. The largest absolute Gasteiger partial charge is 0.480 e. The SMILES string of the molecule is COc1nc(C=O)nc2cccc(C)c12. The molecule has 0 atom stereocenters. The van der Waals surface area contributed by atoms with E-state index in [2.05, 4.69) is 9.97 Å². The lowest BCUT2D eigenvalue weighted by atomic mass is 10.1. The van der Waals surface area contributed by atoms with Crippen LogP contribution in [0.4, 0.5) is 0 Å². The van der Waals surface area contributed by atoms with Crippen molar-refractivity contribution in [3.05, 3.63) is 29.6 Å². The molecule has 0 bridgehead atoms. The summed E-state index contributed by atoms with van der Waals surface area (Å²) in [6.45, 7) is 1.95. The zero-order valence-electron chi connectivity index (χ0n) is 8.52. The monoisotopic (exact) mass is 202 g/mol. The van der Waals surface area contributed by atoms with Gasteiger partial charge in [0.25, 0.3) is 0 Å². The summed E-state index contributed by atoms with van der Waals surface area (Å²) in [5, 5.41) is 0.852. The maximum Gasteiger partial charge on any atom is 0.225 e. The van der Waals surface area contributed by atoms with E-state index in [0.717, 1.165) is 16.5 Å². The molecule has 0 saturated heterocycles. The van der Waals surface area contributed by atoms with Crippen LogP contribution in [-0.2, 0) is 0 Å². The highest BCUT2D eigenvalue weighted by atomic mass is 16.5. The van der Waals surface area contributed by atoms with Gasteiger partial charge in [-0.05, 0) is 18.6 Å². The molecule has 15 heavy (non-hydrogen) atoms. The average Bonchev–Trinajstić information content (AvgIpc) is 2.27. The molecule has 0 aliphatic rings. The van der Waals surface area contributed by atoms with Crippen LogP contribution in [0.25, 0.3) is 10.9 Å². The number of hydrogen-bond donors (Lipinski definition) is 0. The maximum atomic E-state index is 10.6. The molecule has 0 amide bonds. The van der Waals surface area contributed by atoms with Gasteiger partial charge in [-0.25, -0.2) is 4.98 Å². The minimum atomic E-state index is 0.143. The van der Waals surface area contributed by atoms with E-state index in [-0.39, 0.29) is 5.82 Å². The van der Waals surface area contributed by atoms with E-state index in [1.807, 2.05) is 25.1 Å². The van der Waals surface area contributed by atoms with Crippen LogP contribution < -0.4 is 4.74 Å². The number of benzene rings is 1. The number of rotatable bonds is 2. The molecule has 4 heteroatoms. The van der Waals surface area contributed by atoms with Crippen molar-refractivity contribution < 1.29 is 9.53 Å². The van der Waals surface area contributed by atoms with Crippen LogP contribution in [-0.4, -0.2) is 23.4 Å². The molecule has 0 fully saturated rings. The lowest BCUT2D eigenvalue weighted by Gasteiger charge is -2.06. The summed E-state index contributed by atoms with van der Waals surface area (Å²) in [4.78, 5) is 18.7. The summed E-state index contributed by atoms with van der Waals surface area (Å²) in [6, 6.07) is 5.67. The fourth-order valence-electron chi connectivity index (χ4n) is 1.53. The molecule has 0 N–H and O–H groups in total. The molecule has 0 aliphatic heterocycles. The Morgan fingerprint density at radius 3 is 2.80 bits per heavy atom. The second-order valence-corrected chi connectivity index (χ2v) is 3.18. The second-order valence-electron chi connectivity index (χ2n) is 3.18. The van der Waals surface area contributed by atoms with E-state index in [1.165, 1.54) is 7.11 Å². The van der Waals surface area contributed by atoms with E-state index in [9.17, 15) is 4.79 Å². The van der Waals surface area contributed by atoms with E-state index >= 15 is 0 Å². The van der Waals surface area contributed by atoms with Crippen LogP contribution in [0, 0.1) is 6.92 Å². The molecule has 1 heterocycles. The van der Waals surface area contributed by atoms with Gasteiger partial charge in [-0.1, -0.05) is 12.1 Å². The Labute approximate surface area is 86.9 Å². The summed E-state index contributed by atoms with van der Waals surface area (Å²) < 4.78 is 5.14. The fraction of sp³-hybridized carbons (Fsp3) is 0.182. The van der Waals surface area contributed by atoms with Crippen molar-refractivity contribution in [1.82, 2.24) is 9.97 Å². The predicted molar refractivity (Wildman–Crippen MR) is 56.2 cm³/mol. The number of fused-ring (bicyclic) bond motifs is 1. The third-order valence-corrected chi connectivity index (χ3v) is 2.21. The van der Waals surface area contributed by atoms with Gasteiger partial charge < -0.3 is 4.74 Å². The van der Waals surface area contributed by atoms with Crippen molar-refractivity contribution in [3.63, 3.8) is 0 Å². The summed E-state index contributed by atoms with van der Waals surface area (Å²) in [5.74, 6) is 0.588. The van der Waals surface area contributed by atoms with Crippen molar-refractivity contribution >= 4 is 17.2 Å². The predicted octanol–water partition coefficient (Wildman–Crippen LogP) is 1.76. The van der Waals surface area contributed by atoms with Crippen molar-refractivity contribution in [2.45, 2.75) is 6.92 Å². The lowest BCUT2D eigenvalue weighted by Crippen LogP contribution is -1.99. The van der Waals surface area contributed by atoms with Crippen LogP contribution in [0.3, 0.4) is 0 Å². The Kier molecular flexibility index (Phi) is 2.33. The Bertz CT molecular complexity index is 523. The first kappa shape index (κ1) is 9.58. The van der Waals surface area contributed by atoms with Gasteiger partial charge in [-0.15, -0.1) is 0 Å². The molecule has 2 rings (SSSR count). The van der Waals surface area contributed by atoms with Gasteiger partial charge >= 0.3 is 0 Å². The Hall–Kier alpha value is -1.97. The highest BCUT2D eigenvalue weighted by molar-refractivity contribution is 5.88. The molecule has 76 valence electrons. The van der Waals surface area contributed by atoms with Gasteiger partial charge in [0.15, 0.2) is 12.1 Å². The molecule has 1 aromatic heterocycles. The molecule has 0 aliphatic carbocycles. The topological polar surface area (TPSA) is 52.1 Å². The molecular weight excluding hydrogens is 192 g/mol. The van der Waals surface area contributed by atoms with Crippen molar-refractivity contribution in [1.29, 1.82) is 0 Å². The number of aryl methyl sites for hydroxylation is 1. The highest BCUT2D eigenvalue weighted by Gasteiger charge is 2.09. The van der Waals surface area contributed by atoms with E-state index in [0.29, 0.717) is 12.2 Å². The molecule has 0 radical (unpaired) electrons. The smallest absolute Gasteiger partial charge is 0.225 e. The lowest BCUT2D eigenvalue weighted by molar-refractivity contribution is 0.111. The zero-order valence-corrected chi connectivity index (χ0v) is 8.52.